The molecule has 0 saturated heterocycles. The Balaban J connectivity index is 1.93. The van der Waals surface area contributed by atoms with Gasteiger partial charge in [-0.05, 0) is 73.6 Å². The number of H-pyrrole nitrogens is 2. The Morgan fingerprint density at radius 1 is 0.591 bits per heavy atom. The van der Waals surface area contributed by atoms with Crippen molar-refractivity contribution in [3.63, 3.8) is 0 Å². The predicted molar refractivity (Wildman–Crippen MR) is 84.6 cm³/mol. The van der Waals surface area contributed by atoms with E-state index in [2.05, 4.69) is 9.97 Å². The number of rotatable bonds is 3. The molecular formula is C18H20N2O2. The van der Waals surface area contributed by atoms with E-state index in [0.717, 1.165) is 73.9 Å². The first kappa shape index (κ1) is 13.6. The van der Waals surface area contributed by atoms with Crippen LogP contribution in [0.4, 0.5) is 0 Å². The lowest BCUT2D eigenvalue weighted by Crippen LogP contribution is -2.04. The van der Waals surface area contributed by atoms with Gasteiger partial charge in [-0.2, -0.15) is 0 Å². The van der Waals surface area contributed by atoms with Gasteiger partial charge >= 0.3 is 0 Å². The SMILES string of the molecule is O=Cc1[nH]c(-c2[nH]c(C=O)c3c2CCCC3)c2c1CCCC2. The fourth-order valence-electron chi connectivity index (χ4n) is 4.16. The molecule has 0 bridgehead atoms. The van der Waals surface area contributed by atoms with Gasteiger partial charge in [0, 0.05) is 0 Å². The normalized spacial score (nSPS) is 16.9. The van der Waals surface area contributed by atoms with Crippen molar-refractivity contribution in [3.05, 3.63) is 33.6 Å². The summed E-state index contributed by atoms with van der Waals surface area (Å²) in [4.78, 5) is 29.4. The number of carbonyl (C=O) groups excluding carboxylic acids is 2. The molecule has 0 atom stereocenters. The molecule has 2 aliphatic rings. The molecule has 0 spiro atoms. The molecule has 0 unspecified atom stereocenters. The highest BCUT2D eigenvalue weighted by Gasteiger charge is 2.26. The second kappa shape index (κ2) is 5.27. The molecule has 0 fully saturated rings. The molecule has 22 heavy (non-hydrogen) atoms. The number of aromatic nitrogens is 2. The van der Waals surface area contributed by atoms with Crippen molar-refractivity contribution in [1.82, 2.24) is 9.97 Å². The summed E-state index contributed by atoms with van der Waals surface area (Å²) >= 11 is 0. The second-order valence-corrected chi connectivity index (χ2v) is 6.39. The molecular weight excluding hydrogens is 276 g/mol. The summed E-state index contributed by atoms with van der Waals surface area (Å²) < 4.78 is 0. The second-order valence-electron chi connectivity index (χ2n) is 6.39. The summed E-state index contributed by atoms with van der Waals surface area (Å²) in [7, 11) is 0. The lowest BCUT2D eigenvalue weighted by Gasteiger charge is -2.15. The molecule has 2 aromatic rings. The van der Waals surface area contributed by atoms with E-state index in [1.54, 1.807) is 0 Å². The summed E-state index contributed by atoms with van der Waals surface area (Å²) in [5, 5.41) is 0. The highest BCUT2D eigenvalue weighted by Crippen LogP contribution is 2.38. The molecule has 4 heteroatoms. The topological polar surface area (TPSA) is 65.7 Å². The number of nitrogens with one attached hydrogen (secondary N) is 2. The zero-order valence-electron chi connectivity index (χ0n) is 12.6. The van der Waals surface area contributed by atoms with Gasteiger partial charge < -0.3 is 9.97 Å². The van der Waals surface area contributed by atoms with Gasteiger partial charge in [-0.25, -0.2) is 0 Å². The fraction of sp³-hybridized carbons (Fsp3) is 0.444. The molecule has 0 radical (unpaired) electrons. The van der Waals surface area contributed by atoms with E-state index in [-0.39, 0.29) is 0 Å². The highest BCUT2D eigenvalue weighted by atomic mass is 16.1. The van der Waals surface area contributed by atoms with Crippen molar-refractivity contribution < 1.29 is 9.59 Å². The van der Waals surface area contributed by atoms with Gasteiger partial charge in [-0.3, -0.25) is 9.59 Å². The van der Waals surface area contributed by atoms with E-state index in [4.69, 9.17) is 0 Å². The Kier molecular flexibility index (Phi) is 3.25. The summed E-state index contributed by atoms with van der Waals surface area (Å²) in [5.41, 5.74) is 8.45. The van der Waals surface area contributed by atoms with Gasteiger partial charge in [-0.1, -0.05) is 0 Å². The molecule has 0 amide bonds. The summed E-state index contributed by atoms with van der Waals surface area (Å²) in [6, 6.07) is 0. The van der Waals surface area contributed by atoms with Crippen molar-refractivity contribution in [3.8, 4) is 11.4 Å². The molecule has 2 aliphatic carbocycles. The number of hydrogen-bond acceptors (Lipinski definition) is 2. The molecule has 4 rings (SSSR count). The van der Waals surface area contributed by atoms with Crippen molar-refractivity contribution >= 4 is 12.6 Å². The highest BCUT2D eigenvalue weighted by molar-refractivity contribution is 5.84. The monoisotopic (exact) mass is 296 g/mol. The van der Waals surface area contributed by atoms with Crippen LogP contribution in [0.1, 0.15) is 68.9 Å². The average molecular weight is 296 g/mol. The smallest absolute Gasteiger partial charge is 0.166 e. The molecule has 0 saturated carbocycles. The Morgan fingerprint density at radius 3 is 1.32 bits per heavy atom. The fourth-order valence-corrected chi connectivity index (χ4v) is 4.16. The lowest BCUT2D eigenvalue weighted by atomic mass is 9.88. The van der Waals surface area contributed by atoms with Gasteiger partial charge in [0.05, 0.1) is 22.8 Å². The Hall–Kier alpha value is -2.10. The third-order valence-corrected chi connectivity index (χ3v) is 5.19. The van der Waals surface area contributed by atoms with Crippen LogP contribution in [0.3, 0.4) is 0 Å². The van der Waals surface area contributed by atoms with Gasteiger partial charge in [0.15, 0.2) is 12.6 Å². The third kappa shape index (κ3) is 1.90. The van der Waals surface area contributed by atoms with Crippen molar-refractivity contribution in [2.75, 3.05) is 0 Å². The van der Waals surface area contributed by atoms with Crippen molar-refractivity contribution in [1.29, 1.82) is 0 Å². The molecule has 114 valence electrons. The van der Waals surface area contributed by atoms with E-state index in [1.165, 1.54) is 35.1 Å². The average Bonchev–Trinajstić information content (AvgIpc) is 3.13. The van der Waals surface area contributed by atoms with Crippen LogP contribution in [-0.2, 0) is 25.7 Å². The first-order chi connectivity index (χ1) is 10.8. The van der Waals surface area contributed by atoms with Crippen LogP contribution < -0.4 is 0 Å². The Bertz CT molecular complexity index is 687. The van der Waals surface area contributed by atoms with Gasteiger partial charge in [0.1, 0.15) is 0 Å². The van der Waals surface area contributed by atoms with Crippen LogP contribution in [0, 0.1) is 0 Å². The van der Waals surface area contributed by atoms with Gasteiger partial charge in [0.25, 0.3) is 0 Å². The first-order valence-electron chi connectivity index (χ1n) is 8.21. The van der Waals surface area contributed by atoms with Crippen LogP contribution in [0.25, 0.3) is 11.4 Å². The van der Waals surface area contributed by atoms with E-state index >= 15 is 0 Å². The maximum absolute atomic E-state index is 11.4. The van der Waals surface area contributed by atoms with E-state index in [9.17, 15) is 9.59 Å². The van der Waals surface area contributed by atoms with Crippen molar-refractivity contribution in [2.45, 2.75) is 51.4 Å². The van der Waals surface area contributed by atoms with Crippen LogP contribution in [0.15, 0.2) is 0 Å². The molecule has 4 nitrogen and oxygen atoms in total. The van der Waals surface area contributed by atoms with Gasteiger partial charge in [0.2, 0.25) is 0 Å². The van der Waals surface area contributed by atoms with Crippen molar-refractivity contribution in [2.24, 2.45) is 0 Å². The summed E-state index contributed by atoms with van der Waals surface area (Å²) in [5.74, 6) is 0. The van der Waals surface area contributed by atoms with E-state index in [0.29, 0.717) is 0 Å². The van der Waals surface area contributed by atoms with Crippen LogP contribution in [0.2, 0.25) is 0 Å². The first-order valence-corrected chi connectivity index (χ1v) is 8.21. The number of hydrogen-bond donors (Lipinski definition) is 2. The lowest BCUT2D eigenvalue weighted by molar-refractivity contribution is 0.111. The maximum Gasteiger partial charge on any atom is 0.166 e. The minimum atomic E-state index is 0.719. The molecule has 2 heterocycles. The van der Waals surface area contributed by atoms with E-state index in [1.807, 2.05) is 0 Å². The van der Waals surface area contributed by atoms with Crippen LogP contribution in [0.5, 0.6) is 0 Å². The summed E-state index contributed by atoms with van der Waals surface area (Å²) in [6.45, 7) is 0. The molecule has 0 aromatic carbocycles. The number of aromatic amines is 2. The Labute approximate surface area is 129 Å². The maximum atomic E-state index is 11.4. The Morgan fingerprint density at radius 2 is 0.955 bits per heavy atom. The minimum absolute atomic E-state index is 0.719. The zero-order chi connectivity index (χ0) is 15.1. The van der Waals surface area contributed by atoms with Crippen LogP contribution in [-0.4, -0.2) is 22.5 Å². The van der Waals surface area contributed by atoms with E-state index < -0.39 is 0 Å². The third-order valence-electron chi connectivity index (χ3n) is 5.19. The van der Waals surface area contributed by atoms with Gasteiger partial charge in [-0.15, -0.1) is 0 Å². The zero-order valence-corrected chi connectivity index (χ0v) is 12.6. The predicted octanol–water partition coefficient (Wildman–Crippen LogP) is 3.39. The number of aldehydes is 2. The largest absolute Gasteiger partial charge is 0.351 e. The molecule has 0 aliphatic heterocycles. The number of fused-ring (bicyclic) bond motifs is 2. The quantitative estimate of drug-likeness (QED) is 0.853. The minimum Gasteiger partial charge on any atom is -0.351 e. The molecule has 2 N–H and O–H groups in total. The standard InChI is InChI=1S/C18H20N2O2/c21-9-15-11-5-1-3-7-13(11)17(19-15)18-14-8-4-2-6-12(14)16(10-22)20-18/h9-10,19-20H,1-8H2. The van der Waals surface area contributed by atoms with Crippen LogP contribution >= 0.6 is 0 Å². The molecule has 2 aromatic heterocycles. The summed E-state index contributed by atoms with van der Waals surface area (Å²) in [6.07, 6.45) is 10.5. The number of carbonyl (C=O) groups is 2.